The van der Waals surface area contributed by atoms with Gasteiger partial charge in [0.1, 0.15) is 0 Å². The highest BCUT2D eigenvalue weighted by molar-refractivity contribution is 6.31. The molecule has 0 aliphatic heterocycles. The highest BCUT2D eigenvalue weighted by Crippen LogP contribution is 2.20. The van der Waals surface area contributed by atoms with E-state index in [1.807, 2.05) is 32.0 Å². The van der Waals surface area contributed by atoms with Crippen molar-refractivity contribution in [2.75, 3.05) is 0 Å². The molecule has 0 saturated carbocycles. The second-order valence-electron chi connectivity index (χ2n) is 4.39. The standard InChI is InChI=1S/C15H14ClNO/c1-10-3-4-12(14(16)7-10)8-15(18)13-5-6-17-9-11(13)2/h3-7,9H,8H2,1-2H3. The third-order valence-corrected chi connectivity index (χ3v) is 3.23. The zero-order valence-corrected chi connectivity index (χ0v) is 11.2. The smallest absolute Gasteiger partial charge is 0.167 e. The van der Waals surface area contributed by atoms with Gasteiger partial charge in [-0.3, -0.25) is 9.78 Å². The minimum absolute atomic E-state index is 0.0700. The lowest BCUT2D eigenvalue weighted by Crippen LogP contribution is -2.06. The molecule has 0 amide bonds. The summed E-state index contributed by atoms with van der Waals surface area (Å²) in [5, 5.41) is 0.648. The number of hydrogen-bond donors (Lipinski definition) is 0. The molecule has 0 unspecified atom stereocenters. The van der Waals surface area contributed by atoms with Gasteiger partial charge in [-0.1, -0.05) is 23.7 Å². The molecule has 3 heteroatoms. The Morgan fingerprint density at radius 3 is 2.72 bits per heavy atom. The van der Waals surface area contributed by atoms with Gasteiger partial charge in [0.05, 0.1) is 0 Å². The molecule has 1 aromatic heterocycles. The number of hydrogen-bond acceptors (Lipinski definition) is 2. The monoisotopic (exact) mass is 259 g/mol. The lowest BCUT2D eigenvalue weighted by atomic mass is 10.0. The molecule has 0 aliphatic carbocycles. The molecule has 92 valence electrons. The average molecular weight is 260 g/mol. The van der Waals surface area contributed by atoms with Crippen molar-refractivity contribution in [1.29, 1.82) is 0 Å². The maximum absolute atomic E-state index is 12.2. The summed E-state index contributed by atoms with van der Waals surface area (Å²) in [7, 11) is 0. The maximum Gasteiger partial charge on any atom is 0.167 e. The Balaban J connectivity index is 2.24. The van der Waals surface area contributed by atoms with E-state index >= 15 is 0 Å². The molecule has 18 heavy (non-hydrogen) atoms. The number of benzene rings is 1. The molecule has 2 nitrogen and oxygen atoms in total. The fraction of sp³-hybridized carbons (Fsp3) is 0.200. The fourth-order valence-electron chi connectivity index (χ4n) is 1.85. The summed E-state index contributed by atoms with van der Waals surface area (Å²) >= 11 is 6.14. The second-order valence-corrected chi connectivity index (χ2v) is 4.79. The summed E-state index contributed by atoms with van der Waals surface area (Å²) in [4.78, 5) is 16.2. The van der Waals surface area contributed by atoms with Gasteiger partial charge < -0.3 is 0 Å². The van der Waals surface area contributed by atoms with E-state index < -0.39 is 0 Å². The summed E-state index contributed by atoms with van der Waals surface area (Å²) < 4.78 is 0. The third-order valence-electron chi connectivity index (χ3n) is 2.88. The third kappa shape index (κ3) is 2.77. The first kappa shape index (κ1) is 12.8. The molecule has 0 atom stereocenters. The Bertz CT molecular complexity index is 593. The Labute approximate surface area is 112 Å². The predicted molar refractivity (Wildman–Crippen MR) is 73.2 cm³/mol. The van der Waals surface area contributed by atoms with Crippen LogP contribution in [0.4, 0.5) is 0 Å². The summed E-state index contributed by atoms with van der Waals surface area (Å²) in [5.74, 6) is 0.0700. The maximum atomic E-state index is 12.2. The Kier molecular flexibility index (Phi) is 3.78. The van der Waals surface area contributed by atoms with Gasteiger partial charge in [-0.15, -0.1) is 0 Å². The van der Waals surface area contributed by atoms with Crippen molar-refractivity contribution in [2.45, 2.75) is 20.3 Å². The van der Waals surface area contributed by atoms with Gasteiger partial charge >= 0.3 is 0 Å². The summed E-state index contributed by atoms with van der Waals surface area (Å²) in [6, 6.07) is 7.50. The van der Waals surface area contributed by atoms with E-state index in [0.29, 0.717) is 17.0 Å². The second kappa shape index (κ2) is 5.32. The number of rotatable bonds is 3. The SMILES string of the molecule is Cc1ccc(CC(=O)c2ccncc2C)c(Cl)c1. The van der Waals surface area contributed by atoms with Crippen LogP contribution in [0.3, 0.4) is 0 Å². The minimum atomic E-state index is 0.0700. The molecule has 2 rings (SSSR count). The van der Waals surface area contributed by atoms with E-state index in [-0.39, 0.29) is 5.78 Å². The van der Waals surface area contributed by atoms with Crippen molar-refractivity contribution in [3.8, 4) is 0 Å². The van der Waals surface area contributed by atoms with Crippen LogP contribution < -0.4 is 0 Å². The first-order valence-electron chi connectivity index (χ1n) is 5.77. The van der Waals surface area contributed by atoms with Crippen LogP contribution in [0.1, 0.15) is 27.0 Å². The summed E-state index contributed by atoms with van der Waals surface area (Å²) in [6.45, 7) is 3.86. The first-order chi connectivity index (χ1) is 8.58. The number of aryl methyl sites for hydroxylation is 2. The van der Waals surface area contributed by atoms with Crippen molar-refractivity contribution in [3.05, 3.63) is 63.9 Å². The number of halogens is 1. The lowest BCUT2D eigenvalue weighted by molar-refractivity contribution is 0.0992. The average Bonchev–Trinajstić information content (AvgIpc) is 2.33. The van der Waals surface area contributed by atoms with Gasteiger partial charge in [0.2, 0.25) is 0 Å². The molecule has 0 fully saturated rings. The molecule has 0 spiro atoms. The molecule has 1 heterocycles. The zero-order chi connectivity index (χ0) is 13.1. The minimum Gasteiger partial charge on any atom is -0.294 e. The largest absolute Gasteiger partial charge is 0.294 e. The van der Waals surface area contributed by atoms with E-state index in [4.69, 9.17) is 11.6 Å². The predicted octanol–water partition coefficient (Wildman–Crippen LogP) is 3.78. The van der Waals surface area contributed by atoms with E-state index in [0.717, 1.165) is 16.7 Å². The quantitative estimate of drug-likeness (QED) is 0.786. The number of carbonyl (C=O) groups excluding carboxylic acids is 1. The lowest BCUT2D eigenvalue weighted by Gasteiger charge is -2.06. The molecule has 0 N–H and O–H groups in total. The van der Waals surface area contributed by atoms with Crippen molar-refractivity contribution in [3.63, 3.8) is 0 Å². The molecule has 0 saturated heterocycles. The highest BCUT2D eigenvalue weighted by Gasteiger charge is 2.11. The van der Waals surface area contributed by atoms with Crippen LogP contribution in [0.2, 0.25) is 5.02 Å². The Hall–Kier alpha value is -1.67. The highest BCUT2D eigenvalue weighted by atomic mass is 35.5. The van der Waals surface area contributed by atoms with E-state index in [1.165, 1.54) is 0 Å². The van der Waals surface area contributed by atoms with Gasteiger partial charge in [0, 0.05) is 29.4 Å². The molecule has 1 aromatic carbocycles. The van der Waals surface area contributed by atoms with E-state index in [9.17, 15) is 4.79 Å². The topological polar surface area (TPSA) is 30.0 Å². The number of carbonyl (C=O) groups is 1. The molecular formula is C15H14ClNO. The molecule has 0 radical (unpaired) electrons. The first-order valence-corrected chi connectivity index (χ1v) is 6.14. The number of ketones is 1. The number of aromatic nitrogens is 1. The molecule has 0 bridgehead atoms. The zero-order valence-electron chi connectivity index (χ0n) is 10.4. The van der Waals surface area contributed by atoms with Crippen LogP contribution in [-0.4, -0.2) is 10.8 Å². The van der Waals surface area contributed by atoms with Gasteiger partial charge in [0.25, 0.3) is 0 Å². The van der Waals surface area contributed by atoms with Crippen LogP contribution in [0.25, 0.3) is 0 Å². The summed E-state index contributed by atoms with van der Waals surface area (Å²) in [6.07, 6.45) is 3.66. The van der Waals surface area contributed by atoms with Crippen molar-refractivity contribution >= 4 is 17.4 Å². The van der Waals surface area contributed by atoms with Crippen LogP contribution in [-0.2, 0) is 6.42 Å². The van der Waals surface area contributed by atoms with Crippen LogP contribution in [0.5, 0.6) is 0 Å². The van der Waals surface area contributed by atoms with Crippen molar-refractivity contribution in [2.24, 2.45) is 0 Å². The van der Waals surface area contributed by atoms with Gasteiger partial charge in [-0.2, -0.15) is 0 Å². The van der Waals surface area contributed by atoms with Gasteiger partial charge in [-0.25, -0.2) is 0 Å². The number of Topliss-reactive ketones (excluding diaryl/α,β-unsaturated/α-hetero) is 1. The van der Waals surface area contributed by atoms with Crippen LogP contribution >= 0.6 is 11.6 Å². The number of nitrogens with zero attached hydrogens (tertiary/aromatic N) is 1. The van der Waals surface area contributed by atoms with Crippen LogP contribution in [0, 0.1) is 13.8 Å². The molecule has 0 aliphatic rings. The van der Waals surface area contributed by atoms with Crippen molar-refractivity contribution < 1.29 is 4.79 Å². The Morgan fingerprint density at radius 2 is 2.06 bits per heavy atom. The number of pyridine rings is 1. The normalized spacial score (nSPS) is 10.4. The van der Waals surface area contributed by atoms with E-state index in [1.54, 1.807) is 18.5 Å². The van der Waals surface area contributed by atoms with Gasteiger partial charge in [0.15, 0.2) is 5.78 Å². The van der Waals surface area contributed by atoms with E-state index in [2.05, 4.69) is 4.98 Å². The van der Waals surface area contributed by atoms with Gasteiger partial charge in [-0.05, 0) is 42.7 Å². The fourth-order valence-corrected chi connectivity index (χ4v) is 2.15. The summed E-state index contributed by atoms with van der Waals surface area (Å²) in [5.41, 5.74) is 3.56. The Morgan fingerprint density at radius 1 is 1.28 bits per heavy atom. The van der Waals surface area contributed by atoms with Crippen LogP contribution in [0.15, 0.2) is 36.7 Å². The molecule has 2 aromatic rings. The molecular weight excluding hydrogens is 246 g/mol. The van der Waals surface area contributed by atoms with Crippen molar-refractivity contribution in [1.82, 2.24) is 4.98 Å².